The summed E-state index contributed by atoms with van der Waals surface area (Å²) in [6.45, 7) is 5.95. The molecule has 0 aliphatic rings. The SMILES string of the molecule is CCCCN(C)CCOc1ccccc1CNC. The predicted molar refractivity (Wildman–Crippen MR) is 77.1 cm³/mol. The Balaban J connectivity index is 2.34. The van der Waals surface area contributed by atoms with E-state index in [0.717, 1.165) is 32.0 Å². The van der Waals surface area contributed by atoms with Crippen molar-refractivity contribution in [3.63, 3.8) is 0 Å². The highest BCUT2D eigenvalue weighted by molar-refractivity contribution is 5.33. The van der Waals surface area contributed by atoms with Crippen LogP contribution in [-0.4, -0.2) is 38.7 Å². The van der Waals surface area contributed by atoms with Crippen molar-refractivity contribution >= 4 is 0 Å². The van der Waals surface area contributed by atoms with E-state index in [1.165, 1.54) is 18.4 Å². The monoisotopic (exact) mass is 250 g/mol. The molecule has 0 aromatic heterocycles. The minimum Gasteiger partial charge on any atom is -0.492 e. The summed E-state index contributed by atoms with van der Waals surface area (Å²) in [5, 5.41) is 3.16. The average molecular weight is 250 g/mol. The topological polar surface area (TPSA) is 24.5 Å². The minimum absolute atomic E-state index is 0.751. The van der Waals surface area contributed by atoms with E-state index in [-0.39, 0.29) is 0 Å². The van der Waals surface area contributed by atoms with Crippen molar-refractivity contribution in [2.75, 3.05) is 33.8 Å². The number of hydrogen-bond donors (Lipinski definition) is 1. The number of benzene rings is 1. The van der Waals surface area contributed by atoms with Crippen molar-refractivity contribution in [1.29, 1.82) is 0 Å². The first-order chi connectivity index (χ1) is 8.77. The van der Waals surface area contributed by atoms with Crippen molar-refractivity contribution in [2.45, 2.75) is 26.3 Å². The van der Waals surface area contributed by atoms with Crippen LogP contribution in [0.25, 0.3) is 0 Å². The lowest BCUT2D eigenvalue weighted by molar-refractivity contribution is 0.234. The summed E-state index contributed by atoms with van der Waals surface area (Å²) in [5.74, 6) is 0.996. The number of rotatable bonds is 9. The summed E-state index contributed by atoms with van der Waals surface area (Å²) in [6.07, 6.45) is 2.50. The molecule has 0 spiro atoms. The second kappa shape index (κ2) is 8.95. The fourth-order valence-corrected chi connectivity index (χ4v) is 1.83. The van der Waals surface area contributed by atoms with Crippen molar-refractivity contribution < 1.29 is 4.74 Å². The molecule has 1 aromatic rings. The molecule has 0 saturated heterocycles. The second-order valence-corrected chi connectivity index (χ2v) is 4.64. The van der Waals surface area contributed by atoms with Crippen molar-refractivity contribution in [3.8, 4) is 5.75 Å². The zero-order valence-electron chi connectivity index (χ0n) is 11.9. The van der Waals surface area contributed by atoms with Crippen LogP contribution in [0.4, 0.5) is 0 Å². The summed E-state index contributed by atoms with van der Waals surface area (Å²) in [7, 11) is 4.10. The summed E-state index contributed by atoms with van der Waals surface area (Å²) >= 11 is 0. The number of para-hydroxylation sites is 1. The van der Waals surface area contributed by atoms with Crippen LogP contribution < -0.4 is 10.1 Å². The molecule has 0 aliphatic carbocycles. The number of ether oxygens (including phenoxy) is 1. The zero-order chi connectivity index (χ0) is 13.2. The molecule has 0 unspecified atom stereocenters. The van der Waals surface area contributed by atoms with Gasteiger partial charge in [-0.2, -0.15) is 0 Å². The van der Waals surface area contributed by atoms with Gasteiger partial charge < -0.3 is 15.0 Å². The van der Waals surface area contributed by atoms with Gasteiger partial charge in [0.15, 0.2) is 0 Å². The molecule has 0 heterocycles. The van der Waals surface area contributed by atoms with Gasteiger partial charge in [0, 0.05) is 18.7 Å². The highest BCUT2D eigenvalue weighted by Crippen LogP contribution is 2.17. The van der Waals surface area contributed by atoms with Crippen LogP contribution in [0.5, 0.6) is 5.75 Å². The van der Waals surface area contributed by atoms with E-state index in [9.17, 15) is 0 Å². The van der Waals surface area contributed by atoms with Crippen molar-refractivity contribution in [3.05, 3.63) is 29.8 Å². The number of nitrogens with zero attached hydrogens (tertiary/aromatic N) is 1. The minimum atomic E-state index is 0.751. The Morgan fingerprint density at radius 3 is 2.72 bits per heavy atom. The smallest absolute Gasteiger partial charge is 0.123 e. The lowest BCUT2D eigenvalue weighted by Crippen LogP contribution is -2.25. The van der Waals surface area contributed by atoms with Gasteiger partial charge in [-0.05, 0) is 33.1 Å². The lowest BCUT2D eigenvalue weighted by Gasteiger charge is -2.17. The summed E-state index contributed by atoms with van der Waals surface area (Å²) in [5.41, 5.74) is 1.22. The Hall–Kier alpha value is -1.06. The second-order valence-electron chi connectivity index (χ2n) is 4.64. The molecule has 1 N–H and O–H groups in total. The van der Waals surface area contributed by atoms with E-state index >= 15 is 0 Å². The highest BCUT2D eigenvalue weighted by atomic mass is 16.5. The molecule has 0 amide bonds. The Bertz CT molecular complexity index is 328. The Morgan fingerprint density at radius 2 is 2.00 bits per heavy atom. The predicted octanol–water partition coefficient (Wildman–Crippen LogP) is 2.52. The van der Waals surface area contributed by atoms with E-state index < -0.39 is 0 Å². The lowest BCUT2D eigenvalue weighted by atomic mass is 10.2. The summed E-state index contributed by atoms with van der Waals surface area (Å²) in [4.78, 5) is 2.32. The molecule has 0 bridgehead atoms. The Morgan fingerprint density at radius 1 is 1.22 bits per heavy atom. The third-order valence-electron chi connectivity index (χ3n) is 2.96. The molecule has 0 radical (unpaired) electrons. The fourth-order valence-electron chi connectivity index (χ4n) is 1.83. The molecule has 3 heteroatoms. The number of unbranched alkanes of at least 4 members (excludes halogenated alkanes) is 1. The van der Waals surface area contributed by atoms with Crippen LogP contribution in [0.1, 0.15) is 25.3 Å². The highest BCUT2D eigenvalue weighted by Gasteiger charge is 2.02. The van der Waals surface area contributed by atoms with Crippen LogP contribution >= 0.6 is 0 Å². The molecule has 0 fully saturated rings. The van der Waals surface area contributed by atoms with Crippen LogP contribution in [0.3, 0.4) is 0 Å². The molecule has 0 saturated carbocycles. The van der Waals surface area contributed by atoms with Gasteiger partial charge >= 0.3 is 0 Å². The summed E-state index contributed by atoms with van der Waals surface area (Å²) < 4.78 is 5.86. The van der Waals surface area contributed by atoms with Gasteiger partial charge in [-0.25, -0.2) is 0 Å². The van der Waals surface area contributed by atoms with Gasteiger partial charge in [-0.15, -0.1) is 0 Å². The quantitative estimate of drug-likeness (QED) is 0.729. The molecular weight excluding hydrogens is 224 g/mol. The molecule has 102 valence electrons. The van der Waals surface area contributed by atoms with E-state index in [1.54, 1.807) is 0 Å². The zero-order valence-corrected chi connectivity index (χ0v) is 11.9. The third kappa shape index (κ3) is 5.52. The van der Waals surface area contributed by atoms with E-state index in [2.05, 4.69) is 30.3 Å². The molecule has 1 rings (SSSR count). The average Bonchev–Trinajstić information content (AvgIpc) is 2.38. The largest absolute Gasteiger partial charge is 0.492 e. The van der Waals surface area contributed by atoms with Crippen LogP contribution in [0.2, 0.25) is 0 Å². The van der Waals surface area contributed by atoms with Gasteiger partial charge in [0.1, 0.15) is 12.4 Å². The van der Waals surface area contributed by atoms with Gasteiger partial charge in [-0.1, -0.05) is 31.5 Å². The normalized spacial score (nSPS) is 10.9. The Labute approximate surface area is 111 Å². The molecule has 3 nitrogen and oxygen atoms in total. The molecule has 18 heavy (non-hydrogen) atoms. The standard InChI is InChI=1S/C15H26N2O/c1-4-5-10-17(3)11-12-18-15-9-7-6-8-14(15)13-16-2/h6-9,16H,4-5,10-13H2,1-3H3. The third-order valence-corrected chi connectivity index (χ3v) is 2.96. The maximum Gasteiger partial charge on any atom is 0.123 e. The van der Waals surface area contributed by atoms with Gasteiger partial charge in [0.25, 0.3) is 0 Å². The van der Waals surface area contributed by atoms with Gasteiger partial charge in [0.05, 0.1) is 0 Å². The molecule has 1 aromatic carbocycles. The number of likely N-dealkylation sites (N-methyl/N-ethyl adjacent to an activating group) is 1. The maximum atomic E-state index is 5.86. The molecule has 0 atom stereocenters. The van der Waals surface area contributed by atoms with Crippen LogP contribution in [0, 0.1) is 0 Å². The van der Waals surface area contributed by atoms with Crippen molar-refractivity contribution in [2.24, 2.45) is 0 Å². The number of hydrogen-bond acceptors (Lipinski definition) is 3. The van der Waals surface area contributed by atoms with E-state index in [0.29, 0.717) is 0 Å². The van der Waals surface area contributed by atoms with Crippen molar-refractivity contribution in [1.82, 2.24) is 10.2 Å². The first kappa shape index (κ1) is 15.0. The molecule has 0 aliphatic heterocycles. The van der Waals surface area contributed by atoms with E-state index in [1.807, 2.05) is 25.2 Å². The molecular formula is C15H26N2O. The van der Waals surface area contributed by atoms with Crippen LogP contribution in [-0.2, 0) is 6.54 Å². The number of nitrogens with one attached hydrogen (secondary N) is 1. The van der Waals surface area contributed by atoms with Gasteiger partial charge in [0.2, 0.25) is 0 Å². The Kier molecular flexibility index (Phi) is 7.46. The maximum absolute atomic E-state index is 5.86. The van der Waals surface area contributed by atoms with Crippen LogP contribution in [0.15, 0.2) is 24.3 Å². The van der Waals surface area contributed by atoms with E-state index in [4.69, 9.17) is 4.74 Å². The fraction of sp³-hybridized carbons (Fsp3) is 0.600. The first-order valence-electron chi connectivity index (χ1n) is 6.81. The van der Waals surface area contributed by atoms with Gasteiger partial charge in [-0.3, -0.25) is 0 Å². The summed E-state index contributed by atoms with van der Waals surface area (Å²) in [6, 6.07) is 8.22. The first-order valence-corrected chi connectivity index (χ1v) is 6.81.